The standard InChI is InChI=1S/C17H24N6O2/c1-4-5-9-21(11-14-6-7-14)17-19-12(2)15(23(24)25)16(20-17)22-10-8-18-13(22)3/h8,10,14H,4-7,9,11H2,1-3H3. The lowest BCUT2D eigenvalue weighted by atomic mass is 10.3. The molecule has 0 radical (unpaired) electrons. The fourth-order valence-corrected chi connectivity index (χ4v) is 2.90. The minimum atomic E-state index is -0.412. The van der Waals surface area contributed by atoms with Gasteiger partial charge in [0.05, 0.1) is 4.92 Å². The molecular formula is C17H24N6O2. The van der Waals surface area contributed by atoms with Gasteiger partial charge in [0.2, 0.25) is 11.8 Å². The van der Waals surface area contributed by atoms with E-state index < -0.39 is 4.92 Å². The first-order chi connectivity index (χ1) is 12.0. The Kier molecular flexibility index (Phi) is 4.96. The van der Waals surface area contributed by atoms with Crippen molar-refractivity contribution in [1.29, 1.82) is 0 Å². The topological polar surface area (TPSA) is 90.0 Å². The molecule has 0 aliphatic heterocycles. The lowest BCUT2D eigenvalue weighted by Crippen LogP contribution is -2.29. The van der Waals surface area contributed by atoms with Crippen molar-refractivity contribution in [2.75, 3.05) is 18.0 Å². The Morgan fingerprint density at radius 1 is 1.36 bits per heavy atom. The van der Waals surface area contributed by atoms with Crippen LogP contribution in [0, 0.1) is 29.9 Å². The van der Waals surface area contributed by atoms with Gasteiger partial charge in [-0.2, -0.15) is 4.98 Å². The fraction of sp³-hybridized carbons (Fsp3) is 0.588. The molecule has 0 bridgehead atoms. The Labute approximate surface area is 147 Å². The van der Waals surface area contributed by atoms with Crippen LogP contribution in [0.3, 0.4) is 0 Å². The van der Waals surface area contributed by atoms with Crippen LogP contribution < -0.4 is 4.90 Å². The molecule has 8 heteroatoms. The molecule has 0 unspecified atom stereocenters. The predicted molar refractivity (Wildman–Crippen MR) is 95.1 cm³/mol. The van der Waals surface area contributed by atoms with E-state index in [1.807, 2.05) is 0 Å². The molecule has 0 saturated heterocycles. The number of hydrogen-bond donors (Lipinski definition) is 0. The second kappa shape index (κ2) is 7.16. The molecule has 134 valence electrons. The Balaban J connectivity index is 2.06. The summed E-state index contributed by atoms with van der Waals surface area (Å²) in [5.41, 5.74) is 0.321. The van der Waals surface area contributed by atoms with Crippen molar-refractivity contribution >= 4 is 11.6 Å². The van der Waals surface area contributed by atoms with E-state index in [-0.39, 0.29) is 5.69 Å². The number of imidazole rings is 1. The van der Waals surface area contributed by atoms with E-state index in [4.69, 9.17) is 0 Å². The van der Waals surface area contributed by atoms with Gasteiger partial charge in [0.15, 0.2) is 0 Å². The van der Waals surface area contributed by atoms with Gasteiger partial charge in [0.1, 0.15) is 11.5 Å². The maximum Gasteiger partial charge on any atom is 0.333 e. The summed E-state index contributed by atoms with van der Waals surface area (Å²) < 4.78 is 1.66. The molecule has 1 saturated carbocycles. The van der Waals surface area contributed by atoms with Crippen LogP contribution in [0.15, 0.2) is 12.4 Å². The SMILES string of the molecule is CCCCN(CC1CC1)c1nc(C)c([N+](=O)[O-])c(-n2ccnc2C)n1. The van der Waals surface area contributed by atoms with Crippen molar-refractivity contribution < 1.29 is 4.92 Å². The molecule has 0 spiro atoms. The second-order valence-corrected chi connectivity index (χ2v) is 6.63. The monoisotopic (exact) mass is 344 g/mol. The summed E-state index contributed by atoms with van der Waals surface area (Å²) in [6.07, 6.45) is 7.93. The van der Waals surface area contributed by atoms with Crippen molar-refractivity contribution in [3.05, 3.63) is 34.0 Å². The van der Waals surface area contributed by atoms with Crippen LogP contribution in [0.2, 0.25) is 0 Å². The van der Waals surface area contributed by atoms with E-state index in [1.54, 1.807) is 30.8 Å². The number of aryl methyl sites for hydroxylation is 2. The normalized spacial score (nSPS) is 13.9. The molecule has 0 atom stereocenters. The van der Waals surface area contributed by atoms with Crippen LogP contribution in [0.5, 0.6) is 0 Å². The Morgan fingerprint density at radius 3 is 2.68 bits per heavy atom. The number of nitrogens with zero attached hydrogens (tertiary/aromatic N) is 6. The van der Waals surface area contributed by atoms with Crippen LogP contribution in [0.25, 0.3) is 5.82 Å². The molecule has 2 aromatic heterocycles. The van der Waals surface area contributed by atoms with E-state index in [0.29, 0.717) is 29.2 Å². The van der Waals surface area contributed by atoms with Crippen LogP contribution in [0.1, 0.15) is 44.1 Å². The summed E-state index contributed by atoms with van der Waals surface area (Å²) in [5.74, 6) is 2.22. The zero-order chi connectivity index (χ0) is 18.0. The molecular weight excluding hydrogens is 320 g/mol. The van der Waals surface area contributed by atoms with Gasteiger partial charge in [-0.3, -0.25) is 14.7 Å². The molecule has 2 heterocycles. The van der Waals surface area contributed by atoms with Gasteiger partial charge >= 0.3 is 5.69 Å². The molecule has 25 heavy (non-hydrogen) atoms. The van der Waals surface area contributed by atoms with Gasteiger partial charge in [-0.1, -0.05) is 13.3 Å². The first-order valence-electron chi connectivity index (χ1n) is 8.79. The van der Waals surface area contributed by atoms with Crippen molar-refractivity contribution in [2.24, 2.45) is 5.92 Å². The third-order valence-electron chi connectivity index (χ3n) is 4.50. The van der Waals surface area contributed by atoms with Gasteiger partial charge in [0.25, 0.3) is 0 Å². The molecule has 1 fully saturated rings. The zero-order valence-electron chi connectivity index (χ0n) is 15.0. The highest BCUT2D eigenvalue weighted by Crippen LogP contribution is 2.32. The van der Waals surface area contributed by atoms with Crippen molar-refractivity contribution in [3.63, 3.8) is 0 Å². The minimum Gasteiger partial charge on any atom is -0.340 e. The van der Waals surface area contributed by atoms with E-state index in [9.17, 15) is 10.1 Å². The molecule has 3 rings (SSSR count). The first kappa shape index (κ1) is 17.3. The van der Waals surface area contributed by atoms with Crippen LogP contribution in [-0.2, 0) is 0 Å². The Bertz CT molecular complexity index is 768. The number of nitro groups is 1. The Hall–Kier alpha value is -2.51. The molecule has 0 aromatic carbocycles. The average molecular weight is 344 g/mol. The molecule has 1 aliphatic carbocycles. The highest BCUT2D eigenvalue weighted by atomic mass is 16.6. The summed E-state index contributed by atoms with van der Waals surface area (Å²) >= 11 is 0. The van der Waals surface area contributed by atoms with Crippen molar-refractivity contribution in [1.82, 2.24) is 19.5 Å². The van der Waals surface area contributed by atoms with Crippen molar-refractivity contribution in [2.45, 2.75) is 46.5 Å². The summed E-state index contributed by atoms with van der Waals surface area (Å²) in [5, 5.41) is 11.6. The molecule has 0 N–H and O–H groups in total. The second-order valence-electron chi connectivity index (χ2n) is 6.63. The maximum atomic E-state index is 11.6. The van der Waals surface area contributed by atoms with E-state index >= 15 is 0 Å². The predicted octanol–water partition coefficient (Wildman–Crippen LogP) is 3.20. The molecule has 1 aliphatic rings. The smallest absolute Gasteiger partial charge is 0.333 e. The first-order valence-corrected chi connectivity index (χ1v) is 8.79. The lowest BCUT2D eigenvalue weighted by Gasteiger charge is -2.23. The van der Waals surface area contributed by atoms with Crippen LogP contribution >= 0.6 is 0 Å². The maximum absolute atomic E-state index is 11.6. The Morgan fingerprint density at radius 2 is 2.12 bits per heavy atom. The highest BCUT2D eigenvalue weighted by Gasteiger charge is 2.29. The van der Waals surface area contributed by atoms with Gasteiger partial charge in [-0.25, -0.2) is 9.97 Å². The fourth-order valence-electron chi connectivity index (χ4n) is 2.90. The van der Waals surface area contributed by atoms with E-state index in [1.165, 1.54) is 12.8 Å². The van der Waals surface area contributed by atoms with Gasteiger partial charge < -0.3 is 4.90 Å². The quantitative estimate of drug-likeness (QED) is 0.539. The van der Waals surface area contributed by atoms with Gasteiger partial charge in [0, 0.05) is 25.5 Å². The molecule has 8 nitrogen and oxygen atoms in total. The van der Waals surface area contributed by atoms with E-state index in [0.717, 1.165) is 25.9 Å². The number of anilines is 1. The van der Waals surface area contributed by atoms with Crippen molar-refractivity contribution in [3.8, 4) is 5.82 Å². The lowest BCUT2D eigenvalue weighted by molar-refractivity contribution is -0.385. The number of unbranched alkanes of at least 4 members (excludes halogenated alkanes) is 1. The largest absolute Gasteiger partial charge is 0.340 e. The number of rotatable bonds is 8. The number of hydrogen-bond acceptors (Lipinski definition) is 6. The summed E-state index contributed by atoms with van der Waals surface area (Å²) in [4.78, 5) is 26.6. The van der Waals surface area contributed by atoms with Gasteiger partial charge in [-0.05, 0) is 39.0 Å². The zero-order valence-corrected chi connectivity index (χ0v) is 15.0. The third kappa shape index (κ3) is 3.78. The van der Waals surface area contributed by atoms with Crippen LogP contribution in [0.4, 0.5) is 11.6 Å². The minimum absolute atomic E-state index is 0.0632. The molecule has 2 aromatic rings. The summed E-state index contributed by atoms with van der Waals surface area (Å²) in [6.45, 7) is 7.41. The number of aromatic nitrogens is 4. The van der Waals surface area contributed by atoms with Gasteiger partial charge in [-0.15, -0.1) is 0 Å². The molecule has 0 amide bonds. The third-order valence-corrected chi connectivity index (χ3v) is 4.50. The van der Waals surface area contributed by atoms with E-state index in [2.05, 4.69) is 26.8 Å². The summed E-state index contributed by atoms with van der Waals surface area (Å²) in [7, 11) is 0. The highest BCUT2D eigenvalue weighted by molar-refractivity contribution is 5.54. The summed E-state index contributed by atoms with van der Waals surface area (Å²) in [6, 6.07) is 0. The average Bonchev–Trinajstić information content (AvgIpc) is 3.28. The van der Waals surface area contributed by atoms with Crippen LogP contribution in [-0.4, -0.2) is 37.5 Å².